The van der Waals surface area contributed by atoms with Gasteiger partial charge in [0.15, 0.2) is 5.13 Å². The highest BCUT2D eigenvalue weighted by Crippen LogP contribution is 2.28. The van der Waals surface area contributed by atoms with Crippen LogP contribution < -0.4 is 20.7 Å². The van der Waals surface area contributed by atoms with Gasteiger partial charge in [-0.25, -0.2) is 4.98 Å². The lowest BCUT2D eigenvalue weighted by atomic mass is 10.0. The predicted molar refractivity (Wildman–Crippen MR) is 136 cm³/mol. The number of nitrogens with zero attached hydrogens (tertiary/aromatic N) is 2. The number of nitrogens with one attached hydrogen (secondary N) is 3. The van der Waals surface area contributed by atoms with Crippen molar-refractivity contribution in [3.8, 4) is 5.75 Å². The average molecular weight is 488 g/mol. The summed E-state index contributed by atoms with van der Waals surface area (Å²) in [6.07, 6.45) is 3.72. The third-order valence-corrected chi connectivity index (χ3v) is 5.94. The van der Waals surface area contributed by atoms with Gasteiger partial charge in [0.05, 0.1) is 12.8 Å². The van der Waals surface area contributed by atoms with Gasteiger partial charge in [-0.2, -0.15) is 0 Å². The molecule has 0 bridgehead atoms. The summed E-state index contributed by atoms with van der Waals surface area (Å²) in [7, 11) is 1.59. The molecule has 0 fully saturated rings. The third-order valence-electron chi connectivity index (χ3n) is 5.18. The molecule has 0 aliphatic rings. The van der Waals surface area contributed by atoms with Gasteiger partial charge in [-0.1, -0.05) is 48.5 Å². The lowest BCUT2D eigenvalue weighted by molar-refractivity contribution is -0.123. The van der Waals surface area contributed by atoms with Crippen LogP contribution in [0.1, 0.15) is 21.6 Å². The van der Waals surface area contributed by atoms with Gasteiger partial charge in [-0.05, 0) is 29.3 Å². The fourth-order valence-electron chi connectivity index (χ4n) is 3.40. The number of thiazole rings is 1. The SMILES string of the molecule is COc1ccccc1Nc1nc(C(=O)NC(Cc2ccccc2)C(=O)NCc2cccnc2)cs1. The van der Waals surface area contributed by atoms with Crippen LogP contribution in [0.15, 0.2) is 84.5 Å². The molecule has 2 aromatic carbocycles. The molecule has 1 unspecified atom stereocenters. The minimum Gasteiger partial charge on any atom is -0.495 e. The fraction of sp³-hybridized carbons (Fsp3) is 0.154. The van der Waals surface area contributed by atoms with E-state index in [0.29, 0.717) is 23.8 Å². The van der Waals surface area contributed by atoms with Crippen molar-refractivity contribution < 1.29 is 14.3 Å². The van der Waals surface area contributed by atoms with E-state index in [2.05, 4.69) is 25.9 Å². The van der Waals surface area contributed by atoms with Crippen molar-refractivity contribution in [1.82, 2.24) is 20.6 Å². The lowest BCUT2D eigenvalue weighted by Gasteiger charge is -2.18. The number of methoxy groups -OCH3 is 1. The molecule has 2 amide bonds. The molecule has 0 aliphatic heterocycles. The summed E-state index contributed by atoms with van der Waals surface area (Å²) in [6.45, 7) is 0.317. The zero-order valence-electron chi connectivity index (χ0n) is 19.1. The molecule has 0 spiro atoms. The van der Waals surface area contributed by atoms with Crippen molar-refractivity contribution in [2.45, 2.75) is 19.0 Å². The monoisotopic (exact) mass is 487 g/mol. The number of carbonyl (C=O) groups excluding carboxylic acids is 2. The molecule has 4 aromatic rings. The van der Waals surface area contributed by atoms with Crippen molar-refractivity contribution in [1.29, 1.82) is 0 Å². The van der Waals surface area contributed by atoms with Crippen molar-refractivity contribution in [3.63, 3.8) is 0 Å². The molecule has 0 saturated carbocycles. The summed E-state index contributed by atoms with van der Waals surface area (Å²) < 4.78 is 5.35. The van der Waals surface area contributed by atoms with E-state index < -0.39 is 11.9 Å². The molecule has 178 valence electrons. The number of ether oxygens (including phenoxy) is 1. The summed E-state index contributed by atoms with van der Waals surface area (Å²) in [5.74, 6) is -0.0395. The molecule has 2 heterocycles. The number of hydrogen-bond acceptors (Lipinski definition) is 7. The Hall–Kier alpha value is -4.24. The number of para-hydroxylation sites is 2. The number of aromatic nitrogens is 2. The van der Waals surface area contributed by atoms with Crippen LogP contribution in [0.25, 0.3) is 0 Å². The predicted octanol–water partition coefficient (Wildman–Crippen LogP) is 3.95. The second-order valence-corrected chi connectivity index (χ2v) is 8.52. The smallest absolute Gasteiger partial charge is 0.271 e. The number of amides is 2. The highest BCUT2D eigenvalue weighted by atomic mass is 32.1. The number of anilines is 2. The lowest BCUT2D eigenvalue weighted by Crippen LogP contribution is -2.47. The van der Waals surface area contributed by atoms with E-state index in [4.69, 9.17) is 4.74 Å². The van der Waals surface area contributed by atoms with Gasteiger partial charge in [0.1, 0.15) is 17.5 Å². The van der Waals surface area contributed by atoms with Crippen molar-refractivity contribution >= 4 is 34.0 Å². The quantitative estimate of drug-likeness (QED) is 0.313. The van der Waals surface area contributed by atoms with Gasteiger partial charge in [-0.3, -0.25) is 14.6 Å². The van der Waals surface area contributed by atoms with Gasteiger partial charge in [-0.15, -0.1) is 11.3 Å². The molecule has 0 saturated heterocycles. The number of benzene rings is 2. The number of pyridine rings is 1. The Morgan fingerprint density at radius 3 is 2.54 bits per heavy atom. The molecule has 1 atom stereocenters. The van der Waals surface area contributed by atoms with Gasteiger partial charge in [0.2, 0.25) is 5.91 Å². The Balaban J connectivity index is 1.45. The standard InChI is InChI=1S/C26H25N5O3S/c1-34-23-12-6-5-11-20(23)30-26-31-22(17-35-26)25(33)29-21(14-18-8-3-2-4-9-18)24(32)28-16-19-10-7-13-27-15-19/h2-13,15,17,21H,14,16H2,1H3,(H,28,32)(H,29,33)(H,30,31). The van der Waals surface area contributed by atoms with Gasteiger partial charge in [0, 0.05) is 30.7 Å². The van der Waals surface area contributed by atoms with Gasteiger partial charge in [0.25, 0.3) is 5.91 Å². The Labute approximate surface area is 207 Å². The first-order chi connectivity index (χ1) is 17.1. The van der Waals surface area contributed by atoms with Crippen LogP contribution in [-0.4, -0.2) is 34.9 Å². The van der Waals surface area contributed by atoms with Crippen LogP contribution in [0.4, 0.5) is 10.8 Å². The van der Waals surface area contributed by atoms with E-state index in [0.717, 1.165) is 16.8 Å². The molecular weight excluding hydrogens is 462 g/mol. The molecule has 9 heteroatoms. The van der Waals surface area contributed by atoms with E-state index in [1.54, 1.807) is 24.9 Å². The second kappa shape index (κ2) is 11.8. The maximum atomic E-state index is 13.0. The van der Waals surface area contributed by atoms with Crippen LogP contribution in [0.5, 0.6) is 5.75 Å². The summed E-state index contributed by atoms with van der Waals surface area (Å²) in [5.41, 5.74) is 2.78. The maximum absolute atomic E-state index is 13.0. The minimum absolute atomic E-state index is 0.227. The maximum Gasteiger partial charge on any atom is 0.271 e. The Bertz CT molecular complexity index is 1260. The van der Waals surface area contributed by atoms with Crippen LogP contribution in [0.3, 0.4) is 0 Å². The minimum atomic E-state index is -0.770. The summed E-state index contributed by atoms with van der Waals surface area (Å²) in [6, 6.07) is 19.9. The van der Waals surface area contributed by atoms with E-state index in [-0.39, 0.29) is 11.6 Å². The summed E-state index contributed by atoms with van der Waals surface area (Å²) in [4.78, 5) is 34.5. The molecule has 3 N–H and O–H groups in total. The van der Waals surface area contributed by atoms with Crippen LogP contribution >= 0.6 is 11.3 Å². The van der Waals surface area contributed by atoms with Crippen LogP contribution in [0, 0.1) is 0 Å². The molecule has 35 heavy (non-hydrogen) atoms. The van der Waals surface area contributed by atoms with E-state index in [9.17, 15) is 9.59 Å². The molecule has 2 aromatic heterocycles. The molecular formula is C26H25N5O3S. The van der Waals surface area contributed by atoms with E-state index in [1.807, 2.05) is 66.7 Å². The number of hydrogen-bond donors (Lipinski definition) is 3. The Kier molecular flexibility index (Phi) is 8.03. The zero-order chi connectivity index (χ0) is 24.5. The van der Waals surface area contributed by atoms with E-state index in [1.165, 1.54) is 11.3 Å². The van der Waals surface area contributed by atoms with Crippen molar-refractivity contribution in [2.24, 2.45) is 0 Å². The molecule has 4 rings (SSSR count). The third kappa shape index (κ3) is 6.64. The first-order valence-corrected chi connectivity index (χ1v) is 11.9. The Morgan fingerprint density at radius 2 is 1.77 bits per heavy atom. The first kappa shape index (κ1) is 23.9. The fourth-order valence-corrected chi connectivity index (χ4v) is 4.11. The molecule has 0 radical (unpaired) electrons. The summed E-state index contributed by atoms with van der Waals surface area (Å²) in [5, 5.41) is 11.1. The molecule has 8 nitrogen and oxygen atoms in total. The normalized spacial score (nSPS) is 11.3. The van der Waals surface area contributed by atoms with Crippen molar-refractivity contribution in [2.75, 3.05) is 12.4 Å². The van der Waals surface area contributed by atoms with Gasteiger partial charge >= 0.3 is 0 Å². The van der Waals surface area contributed by atoms with Crippen LogP contribution in [0.2, 0.25) is 0 Å². The second-order valence-electron chi connectivity index (χ2n) is 7.66. The van der Waals surface area contributed by atoms with E-state index >= 15 is 0 Å². The highest BCUT2D eigenvalue weighted by Gasteiger charge is 2.23. The molecule has 0 aliphatic carbocycles. The first-order valence-electron chi connectivity index (χ1n) is 11.0. The largest absolute Gasteiger partial charge is 0.495 e. The highest BCUT2D eigenvalue weighted by molar-refractivity contribution is 7.14. The number of carbonyl (C=O) groups is 2. The van der Waals surface area contributed by atoms with Crippen molar-refractivity contribution in [3.05, 3.63) is 101 Å². The zero-order valence-corrected chi connectivity index (χ0v) is 19.9. The number of rotatable bonds is 10. The van der Waals surface area contributed by atoms with Crippen LogP contribution in [-0.2, 0) is 17.8 Å². The van der Waals surface area contributed by atoms with Gasteiger partial charge < -0.3 is 20.7 Å². The summed E-state index contributed by atoms with van der Waals surface area (Å²) >= 11 is 1.29. The average Bonchev–Trinajstić information content (AvgIpc) is 3.37. The Morgan fingerprint density at radius 1 is 1.00 bits per heavy atom. The topological polar surface area (TPSA) is 105 Å².